The van der Waals surface area contributed by atoms with Gasteiger partial charge in [-0.05, 0) is 68.7 Å². The van der Waals surface area contributed by atoms with E-state index in [1.54, 1.807) is 13.0 Å². The Hall–Kier alpha value is -3.61. The van der Waals surface area contributed by atoms with Crippen LogP contribution in [0, 0.1) is 13.8 Å². The molecule has 3 rings (SSSR count). The summed E-state index contributed by atoms with van der Waals surface area (Å²) in [5, 5.41) is 13.4. The van der Waals surface area contributed by atoms with Gasteiger partial charge in [0.1, 0.15) is 17.2 Å². The molecule has 0 aliphatic carbocycles. The lowest BCUT2D eigenvalue weighted by Gasteiger charge is -2.15. The van der Waals surface area contributed by atoms with Crippen LogP contribution in [0.2, 0.25) is 0 Å². The number of oxime groups is 1. The summed E-state index contributed by atoms with van der Waals surface area (Å²) in [7, 11) is 0. The summed E-state index contributed by atoms with van der Waals surface area (Å²) in [6.07, 6.45) is -0.479. The summed E-state index contributed by atoms with van der Waals surface area (Å²) < 4.78 is 11.3. The number of aliphatic carboxylic acids is 1. The van der Waals surface area contributed by atoms with Gasteiger partial charge in [-0.3, -0.25) is 0 Å². The number of carbonyl (C=O) groups is 1. The number of aromatic nitrogens is 1. The number of carboxylic acids is 1. The highest BCUT2D eigenvalue weighted by molar-refractivity contribution is 5.98. The summed E-state index contributed by atoms with van der Waals surface area (Å²) in [6.45, 7) is 7.52. The van der Waals surface area contributed by atoms with Crippen LogP contribution in [0.4, 0.5) is 0 Å². The first kappa shape index (κ1) is 22.1. The van der Waals surface area contributed by atoms with E-state index in [1.807, 2.05) is 63.2 Å². The van der Waals surface area contributed by atoms with Crippen LogP contribution in [0.15, 0.2) is 58.1 Å². The number of carboxylic acid groups (broad SMARTS) is 1. The first-order valence-electron chi connectivity index (χ1n) is 10.1. The van der Waals surface area contributed by atoms with Crippen LogP contribution in [0.3, 0.4) is 0 Å². The van der Waals surface area contributed by atoms with Gasteiger partial charge < -0.3 is 19.1 Å². The van der Waals surface area contributed by atoms with Crippen molar-refractivity contribution in [2.45, 2.75) is 46.8 Å². The van der Waals surface area contributed by atoms with Gasteiger partial charge in [-0.1, -0.05) is 30.3 Å². The second-order valence-corrected chi connectivity index (χ2v) is 7.17. The third-order valence-electron chi connectivity index (χ3n) is 4.82. The minimum absolute atomic E-state index is 0.191. The van der Waals surface area contributed by atoms with Gasteiger partial charge in [0.25, 0.3) is 0 Å². The molecule has 162 valence electrons. The van der Waals surface area contributed by atoms with Gasteiger partial charge in [0.05, 0.1) is 5.71 Å². The fourth-order valence-corrected chi connectivity index (χ4v) is 2.98. The van der Waals surface area contributed by atoms with Crippen LogP contribution in [-0.4, -0.2) is 27.9 Å². The van der Waals surface area contributed by atoms with E-state index in [1.165, 1.54) is 0 Å². The molecule has 0 saturated carbocycles. The molecule has 7 heteroatoms. The summed E-state index contributed by atoms with van der Waals surface area (Å²) in [5.41, 5.74) is 3.96. The molecule has 3 aromatic rings. The van der Waals surface area contributed by atoms with Gasteiger partial charge in [-0.25, -0.2) is 9.78 Å². The molecule has 0 radical (unpaired) electrons. The number of hydrogen-bond acceptors (Lipinski definition) is 6. The van der Waals surface area contributed by atoms with E-state index in [4.69, 9.17) is 14.0 Å². The molecule has 0 bridgehead atoms. The molecule has 1 heterocycles. The molecular weight excluding hydrogens is 396 g/mol. The molecule has 0 spiro atoms. The highest BCUT2D eigenvalue weighted by Crippen LogP contribution is 2.23. The van der Waals surface area contributed by atoms with Gasteiger partial charge in [0.2, 0.25) is 5.89 Å². The van der Waals surface area contributed by atoms with Crippen molar-refractivity contribution in [2.24, 2.45) is 5.16 Å². The number of rotatable bonds is 9. The molecule has 0 aliphatic rings. The molecule has 1 unspecified atom stereocenters. The SMILES string of the molecule is CCC(Oc1ccc(/C(C)=N\OCc2nc(-c3ccccc3)oc2C)cc1C)C(=O)O. The molecule has 0 fully saturated rings. The van der Waals surface area contributed by atoms with Crippen LogP contribution in [-0.2, 0) is 16.2 Å². The van der Waals surface area contributed by atoms with Crippen molar-refractivity contribution in [1.82, 2.24) is 4.98 Å². The molecule has 1 aromatic heterocycles. The largest absolute Gasteiger partial charge is 0.479 e. The Bertz CT molecular complexity index is 1070. The zero-order valence-corrected chi connectivity index (χ0v) is 18.1. The number of oxazole rings is 1. The molecular formula is C24H26N2O5. The molecule has 1 atom stereocenters. The lowest BCUT2D eigenvalue weighted by Crippen LogP contribution is -2.26. The maximum atomic E-state index is 11.2. The minimum atomic E-state index is -0.976. The van der Waals surface area contributed by atoms with Crippen molar-refractivity contribution in [3.8, 4) is 17.2 Å². The smallest absolute Gasteiger partial charge is 0.344 e. The first-order chi connectivity index (χ1) is 14.9. The number of ether oxygens (including phenoxy) is 1. The van der Waals surface area contributed by atoms with E-state index in [9.17, 15) is 9.90 Å². The lowest BCUT2D eigenvalue weighted by atomic mass is 10.1. The number of benzene rings is 2. The number of nitrogens with zero attached hydrogens (tertiary/aromatic N) is 2. The van der Waals surface area contributed by atoms with Crippen LogP contribution >= 0.6 is 0 Å². The van der Waals surface area contributed by atoms with E-state index in [2.05, 4.69) is 10.1 Å². The molecule has 0 aliphatic heterocycles. The quantitative estimate of drug-likeness (QED) is 0.379. The average molecular weight is 422 g/mol. The Morgan fingerprint density at radius 2 is 1.94 bits per heavy atom. The molecule has 2 aromatic carbocycles. The number of hydrogen-bond donors (Lipinski definition) is 1. The Balaban J connectivity index is 1.65. The Labute approximate surface area is 181 Å². The van der Waals surface area contributed by atoms with Crippen molar-refractivity contribution in [1.29, 1.82) is 0 Å². The van der Waals surface area contributed by atoms with Gasteiger partial charge in [0, 0.05) is 5.56 Å². The zero-order chi connectivity index (χ0) is 22.4. The van der Waals surface area contributed by atoms with Gasteiger partial charge in [-0.2, -0.15) is 0 Å². The third kappa shape index (κ3) is 5.51. The highest BCUT2D eigenvalue weighted by Gasteiger charge is 2.18. The molecule has 0 saturated heterocycles. The molecule has 0 amide bonds. The Morgan fingerprint density at radius 1 is 1.19 bits per heavy atom. The van der Waals surface area contributed by atoms with Crippen molar-refractivity contribution in [2.75, 3.05) is 0 Å². The van der Waals surface area contributed by atoms with Crippen LogP contribution in [0.5, 0.6) is 5.75 Å². The highest BCUT2D eigenvalue weighted by atomic mass is 16.6. The monoisotopic (exact) mass is 422 g/mol. The molecule has 7 nitrogen and oxygen atoms in total. The van der Waals surface area contributed by atoms with E-state index in [0.29, 0.717) is 35.2 Å². The standard InChI is InChI=1S/C24H26N2O5/c1-5-21(24(27)28)31-22-12-11-19(13-15(22)2)16(3)26-29-14-20-17(4)30-23(25-20)18-9-7-6-8-10-18/h6-13,21H,5,14H2,1-4H3,(H,27,28)/b26-16-. The van der Waals surface area contributed by atoms with Crippen molar-refractivity contribution in [3.63, 3.8) is 0 Å². The lowest BCUT2D eigenvalue weighted by molar-refractivity contribution is -0.145. The van der Waals surface area contributed by atoms with E-state index < -0.39 is 12.1 Å². The van der Waals surface area contributed by atoms with Crippen LogP contribution in [0.25, 0.3) is 11.5 Å². The maximum absolute atomic E-state index is 11.2. The van der Waals surface area contributed by atoms with Crippen LogP contribution < -0.4 is 4.74 Å². The summed E-state index contributed by atoms with van der Waals surface area (Å²) >= 11 is 0. The van der Waals surface area contributed by atoms with E-state index in [0.717, 1.165) is 16.7 Å². The van der Waals surface area contributed by atoms with Crippen molar-refractivity contribution >= 4 is 11.7 Å². The van der Waals surface area contributed by atoms with Crippen molar-refractivity contribution < 1.29 is 23.9 Å². The van der Waals surface area contributed by atoms with Crippen molar-refractivity contribution in [3.05, 3.63) is 71.1 Å². The maximum Gasteiger partial charge on any atom is 0.344 e. The summed E-state index contributed by atoms with van der Waals surface area (Å²) in [6, 6.07) is 15.1. The predicted octanol–water partition coefficient (Wildman–Crippen LogP) is 5.14. The van der Waals surface area contributed by atoms with Gasteiger partial charge in [-0.15, -0.1) is 0 Å². The topological polar surface area (TPSA) is 94.2 Å². The Morgan fingerprint density at radius 3 is 2.58 bits per heavy atom. The van der Waals surface area contributed by atoms with Crippen LogP contribution in [0.1, 0.15) is 42.8 Å². The minimum Gasteiger partial charge on any atom is -0.479 e. The van der Waals surface area contributed by atoms with E-state index in [-0.39, 0.29) is 6.61 Å². The summed E-state index contributed by atoms with van der Waals surface area (Å²) in [5.74, 6) is 0.803. The second-order valence-electron chi connectivity index (χ2n) is 7.17. The Kier molecular flexibility index (Phi) is 7.07. The van der Waals surface area contributed by atoms with E-state index >= 15 is 0 Å². The first-order valence-corrected chi connectivity index (χ1v) is 10.1. The fraction of sp³-hybridized carbons (Fsp3) is 0.292. The number of aryl methyl sites for hydroxylation is 2. The second kappa shape index (κ2) is 9.93. The predicted molar refractivity (Wildman–Crippen MR) is 117 cm³/mol. The zero-order valence-electron chi connectivity index (χ0n) is 18.1. The van der Waals surface area contributed by atoms with Gasteiger partial charge >= 0.3 is 5.97 Å². The third-order valence-corrected chi connectivity index (χ3v) is 4.82. The normalized spacial score (nSPS) is 12.5. The molecule has 1 N–H and O–H groups in total. The average Bonchev–Trinajstić information content (AvgIpc) is 3.13. The fourth-order valence-electron chi connectivity index (χ4n) is 2.98. The van der Waals surface area contributed by atoms with Gasteiger partial charge in [0.15, 0.2) is 12.7 Å². The summed E-state index contributed by atoms with van der Waals surface area (Å²) in [4.78, 5) is 21.2. The molecule has 31 heavy (non-hydrogen) atoms.